The summed E-state index contributed by atoms with van der Waals surface area (Å²) in [7, 11) is 3.33. The van der Waals surface area contributed by atoms with Gasteiger partial charge in [-0.1, -0.05) is 22.9 Å². The average molecular weight is 503 g/mol. The molecular weight excluding hydrogens is 484 g/mol. The molecule has 2 N–H and O–H groups in total. The fourth-order valence-electron chi connectivity index (χ4n) is 2.92. The molecule has 13 heteroatoms. The number of methoxy groups -OCH3 is 1. The lowest BCUT2D eigenvalue weighted by molar-refractivity contribution is 0.0990. The van der Waals surface area contributed by atoms with E-state index < -0.39 is 11.5 Å². The van der Waals surface area contributed by atoms with Crippen LogP contribution >= 0.6 is 22.9 Å². The molecule has 4 aromatic rings. The van der Waals surface area contributed by atoms with Gasteiger partial charge in [-0.3, -0.25) is 15.1 Å². The Bertz CT molecular complexity index is 1330. The summed E-state index contributed by atoms with van der Waals surface area (Å²) in [5, 5.41) is 14.9. The van der Waals surface area contributed by atoms with E-state index >= 15 is 0 Å². The van der Waals surface area contributed by atoms with Gasteiger partial charge >= 0.3 is 5.63 Å². The molecule has 0 aromatic carbocycles. The van der Waals surface area contributed by atoms with Crippen LogP contribution in [-0.4, -0.2) is 46.0 Å². The zero-order valence-electron chi connectivity index (χ0n) is 18.1. The number of hydrogen-bond donors (Lipinski definition) is 2. The van der Waals surface area contributed by atoms with E-state index in [0.29, 0.717) is 21.4 Å². The van der Waals surface area contributed by atoms with Crippen molar-refractivity contribution in [3.05, 3.63) is 64.1 Å². The fourth-order valence-corrected chi connectivity index (χ4v) is 4.10. The standard InChI is InChI=1S/C21H19ClN6O5S/c1-28-7-5-13(22)16(28)19-26-27-21(34-19)25-18(29)15-10-14(24-12-4-3-6-23-11-12)17(20(30)33-15)32-9-8-31-2/h3-7,10-11,24H,8-9H2,1-2H3,(H,25,27,29). The Balaban J connectivity index is 1.59. The second-order valence-electron chi connectivity index (χ2n) is 6.84. The molecule has 176 valence electrons. The maximum absolute atomic E-state index is 12.8. The van der Waals surface area contributed by atoms with Crippen LogP contribution in [0.15, 0.2) is 52.1 Å². The molecule has 0 saturated carbocycles. The highest BCUT2D eigenvalue weighted by molar-refractivity contribution is 7.18. The minimum absolute atomic E-state index is 0.0889. The molecule has 34 heavy (non-hydrogen) atoms. The van der Waals surface area contributed by atoms with Crippen LogP contribution < -0.4 is 21.0 Å². The Labute approximate surface area is 202 Å². The van der Waals surface area contributed by atoms with Crippen molar-refractivity contribution in [2.24, 2.45) is 7.05 Å². The van der Waals surface area contributed by atoms with Crippen molar-refractivity contribution in [2.45, 2.75) is 0 Å². The average Bonchev–Trinajstić information content (AvgIpc) is 3.41. The third-order valence-corrected chi connectivity index (χ3v) is 5.63. The van der Waals surface area contributed by atoms with Crippen molar-refractivity contribution in [2.75, 3.05) is 31.0 Å². The third-order valence-electron chi connectivity index (χ3n) is 4.48. The van der Waals surface area contributed by atoms with Crippen molar-refractivity contribution in [3.8, 4) is 16.5 Å². The number of carbonyl (C=O) groups excluding carboxylic acids is 1. The van der Waals surface area contributed by atoms with Gasteiger partial charge in [0.15, 0.2) is 10.8 Å². The normalized spacial score (nSPS) is 10.8. The first-order valence-electron chi connectivity index (χ1n) is 9.89. The molecule has 1 amide bonds. The van der Waals surface area contributed by atoms with Gasteiger partial charge < -0.3 is 23.8 Å². The van der Waals surface area contributed by atoms with Crippen LogP contribution in [0.5, 0.6) is 5.75 Å². The minimum Gasteiger partial charge on any atom is -0.483 e. The Kier molecular flexibility index (Phi) is 7.21. The summed E-state index contributed by atoms with van der Waals surface area (Å²) in [5.41, 5.74) is 0.665. The van der Waals surface area contributed by atoms with Crippen molar-refractivity contribution in [1.29, 1.82) is 0 Å². The minimum atomic E-state index is -0.830. The number of halogens is 1. The Morgan fingerprint density at radius 3 is 2.85 bits per heavy atom. The van der Waals surface area contributed by atoms with Gasteiger partial charge in [-0.2, -0.15) is 0 Å². The molecule has 4 heterocycles. The van der Waals surface area contributed by atoms with Crippen LogP contribution in [0.1, 0.15) is 10.6 Å². The summed E-state index contributed by atoms with van der Waals surface area (Å²) in [6.45, 7) is 0.377. The van der Waals surface area contributed by atoms with Crippen LogP contribution in [-0.2, 0) is 11.8 Å². The number of ether oxygens (including phenoxy) is 2. The predicted molar refractivity (Wildman–Crippen MR) is 127 cm³/mol. The molecule has 0 saturated heterocycles. The van der Waals surface area contributed by atoms with Gasteiger partial charge in [0.05, 0.1) is 34.9 Å². The van der Waals surface area contributed by atoms with E-state index in [9.17, 15) is 9.59 Å². The molecular formula is C21H19ClN6O5S. The Morgan fingerprint density at radius 2 is 2.15 bits per heavy atom. The molecule has 4 aromatic heterocycles. The summed E-state index contributed by atoms with van der Waals surface area (Å²) in [5.74, 6) is -1.02. The highest BCUT2D eigenvalue weighted by Crippen LogP contribution is 2.32. The third kappa shape index (κ3) is 5.25. The van der Waals surface area contributed by atoms with Crippen LogP contribution in [0, 0.1) is 0 Å². The number of hydrogen-bond acceptors (Lipinski definition) is 10. The Hall–Kier alpha value is -3.74. The SMILES string of the molecule is COCCOc1c(Nc2cccnc2)cc(C(=O)Nc2nnc(-c3c(Cl)ccn3C)s2)oc1=O. The summed E-state index contributed by atoms with van der Waals surface area (Å²) in [6, 6.07) is 6.57. The van der Waals surface area contributed by atoms with E-state index in [1.165, 1.54) is 13.2 Å². The first-order chi connectivity index (χ1) is 16.5. The lowest BCUT2D eigenvalue weighted by Crippen LogP contribution is -2.18. The quantitative estimate of drug-likeness (QED) is 0.329. The molecule has 0 spiro atoms. The zero-order chi connectivity index (χ0) is 24.1. The smallest absolute Gasteiger partial charge is 0.381 e. The van der Waals surface area contributed by atoms with E-state index in [2.05, 4.69) is 25.8 Å². The van der Waals surface area contributed by atoms with Crippen molar-refractivity contribution < 1.29 is 18.7 Å². The largest absolute Gasteiger partial charge is 0.483 e. The molecule has 4 rings (SSSR count). The van der Waals surface area contributed by atoms with E-state index in [-0.39, 0.29) is 35.5 Å². The second-order valence-corrected chi connectivity index (χ2v) is 8.22. The highest BCUT2D eigenvalue weighted by atomic mass is 35.5. The molecule has 0 aliphatic carbocycles. The van der Waals surface area contributed by atoms with Crippen LogP contribution in [0.25, 0.3) is 10.7 Å². The fraction of sp³-hybridized carbons (Fsp3) is 0.190. The predicted octanol–water partition coefficient (Wildman–Crippen LogP) is 3.57. The van der Waals surface area contributed by atoms with Crippen molar-refractivity contribution >= 4 is 45.4 Å². The first-order valence-corrected chi connectivity index (χ1v) is 11.1. The molecule has 0 fully saturated rings. The first kappa shape index (κ1) is 23.4. The number of anilines is 3. The molecule has 11 nitrogen and oxygen atoms in total. The monoisotopic (exact) mass is 502 g/mol. The lowest BCUT2D eigenvalue weighted by Gasteiger charge is -2.12. The summed E-state index contributed by atoms with van der Waals surface area (Å²) in [6.07, 6.45) is 4.96. The van der Waals surface area contributed by atoms with Gasteiger partial charge in [0, 0.05) is 32.6 Å². The lowest BCUT2D eigenvalue weighted by atomic mass is 10.3. The second kappa shape index (κ2) is 10.5. The van der Waals surface area contributed by atoms with Crippen molar-refractivity contribution in [1.82, 2.24) is 19.7 Å². The Morgan fingerprint density at radius 1 is 1.29 bits per heavy atom. The molecule has 0 aliphatic heterocycles. The number of aromatic nitrogens is 4. The number of nitrogens with zero attached hydrogens (tertiary/aromatic N) is 4. The molecule has 0 bridgehead atoms. The van der Waals surface area contributed by atoms with Crippen LogP contribution in [0.2, 0.25) is 5.02 Å². The van der Waals surface area contributed by atoms with Gasteiger partial charge in [0.1, 0.15) is 6.61 Å². The van der Waals surface area contributed by atoms with Gasteiger partial charge in [0.2, 0.25) is 10.9 Å². The van der Waals surface area contributed by atoms with Crippen LogP contribution in [0.3, 0.4) is 0 Å². The molecule has 0 radical (unpaired) electrons. The number of aryl methyl sites for hydroxylation is 1. The molecule has 0 unspecified atom stereocenters. The topological polar surface area (TPSA) is 133 Å². The van der Waals surface area contributed by atoms with Crippen molar-refractivity contribution in [3.63, 3.8) is 0 Å². The number of carbonyl (C=O) groups is 1. The number of nitrogens with one attached hydrogen (secondary N) is 2. The van der Waals surface area contributed by atoms with Crippen LogP contribution in [0.4, 0.5) is 16.5 Å². The van der Waals surface area contributed by atoms with Gasteiger partial charge in [-0.05, 0) is 18.2 Å². The number of pyridine rings is 1. The molecule has 0 atom stereocenters. The van der Waals surface area contributed by atoms with E-state index in [0.717, 1.165) is 11.3 Å². The van der Waals surface area contributed by atoms with Gasteiger partial charge in [-0.15, -0.1) is 10.2 Å². The van der Waals surface area contributed by atoms with E-state index in [1.54, 1.807) is 41.4 Å². The maximum atomic E-state index is 12.8. The summed E-state index contributed by atoms with van der Waals surface area (Å²) in [4.78, 5) is 29.5. The number of rotatable bonds is 9. The maximum Gasteiger partial charge on any atom is 0.381 e. The summed E-state index contributed by atoms with van der Waals surface area (Å²) >= 11 is 7.33. The number of amides is 1. The zero-order valence-corrected chi connectivity index (χ0v) is 19.6. The van der Waals surface area contributed by atoms with Gasteiger partial charge in [-0.25, -0.2) is 4.79 Å². The molecule has 0 aliphatic rings. The van der Waals surface area contributed by atoms with Gasteiger partial charge in [0.25, 0.3) is 5.91 Å². The van der Waals surface area contributed by atoms with E-state index in [1.807, 2.05) is 7.05 Å². The summed E-state index contributed by atoms with van der Waals surface area (Å²) < 4.78 is 17.5. The highest BCUT2D eigenvalue weighted by Gasteiger charge is 2.20. The van der Waals surface area contributed by atoms with E-state index in [4.69, 9.17) is 25.5 Å².